The van der Waals surface area contributed by atoms with Crippen molar-refractivity contribution in [2.24, 2.45) is 0 Å². The van der Waals surface area contributed by atoms with Gasteiger partial charge in [-0.25, -0.2) is 0 Å². The zero-order chi connectivity index (χ0) is 7.28. The quantitative estimate of drug-likeness (QED) is 0.482. The first-order valence-corrected chi connectivity index (χ1v) is 2.35. The van der Waals surface area contributed by atoms with E-state index < -0.39 is 5.97 Å². The predicted molar refractivity (Wildman–Crippen MR) is 34.8 cm³/mol. The molecule has 0 aromatic heterocycles. The molecule has 0 aromatic rings. The van der Waals surface area contributed by atoms with Gasteiger partial charge in [0.25, 0.3) is 0 Å². The fourth-order valence-corrected chi connectivity index (χ4v) is 0.350. The van der Waals surface area contributed by atoms with Gasteiger partial charge in [0, 0.05) is 13.3 Å². The Hall–Kier alpha value is -1.19. The number of halogens is 1. The van der Waals surface area contributed by atoms with Gasteiger partial charge >= 0.3 is 0 Å². The van der Waals surface area contributed by atoms with Gasteiger partial charge in [0.1, 0.15) is 0 Å². The number of nitrogens with one attached hydrogen (secondary N) is 3. The maximum Gasteiger partial charge on any atom is 0.228 e. The first-order valence-electron chi connectivity index (χ1n) is 2.35. The van der Waals surface area contributed by atoms with Crippen LogP contribution in [-0.4, -0.2) is 19.2 Å². The largest absolute Gasteiger partial charge is 0.384 e. The van der Waals surface area contributed by atoms with Crippen molar-refractivity contribution in [1.29, 1.82) is 10.8 Å². The topological polar surface area (TPSA) is 59.7 Å². The smallest absolute Gasteiger partial charge is 0.228 e. The van der Waals surface area contributed by atoms with Crippen molar-refractivity contribution < 1.29 is 4.39 Å². The SMILES string of the molecule is CN/C(=C/C=N)C(=N)F. The number of hydrogen-bond donors (Lipinski definition) is 3. The molecule has 0 saturated carbocycles. The van der Waals surface area contributed by atoms with Crippen LogP contribution in [0.25, 0.3) is 0 Å². The van der Waals surface area contributed by atoms with E-state index in [-0.39, 0.29) is 5.70 Å². The summed E-state index contributed by atoms with van der Waals surface area (Å²) in [7, 11) is 1.49. The van der Waals surface area contributed by atoms with E-state index in [1.54, 1.807) is 0 Å². The van der Waals surface area contributed by atoms with Gasteiger partial charge in [-0.3, -0.25) is 5.41 Å². The Morgan fingerprint density at radius 3 is 2.33 bits per heavy atom. The molecule has 0 aliphatic heterocycles. The van der Waals surface area contributed by atoms with E-state index in [0.717, 1.165) is 6.21 Å². The van der Waals surface area contributed by atoms with Gasteiger partial charge in [0.15, 0.2) is 0 Å². The van der Waals surface area contributed by atoms with Crippen molar-refractivity contribution >= 4 is 12.2 Å². The van der Waals surface area contributed by atoms with Crippen LogP contribution >= 0.6 is 0 Å². The van der Waals surface area contributed by atoms with E-state index in [2.05, 4.69) is 5.32 Å². The van der Waals surface area contributed by atoms with E-state index in [0.29, 0.717) is 0 Å². The van der Waals surface area contributed by atoms with Crippen LogP contribution in [0.4, 0.5) is 4.39 Å². The van der Waals surface area contributed by atoms with E-state index in [4.69, 9.17) is 10.8 Å². The maximum atomic E-state index is 11.9. The van der Waals surface area contributed by atoms with Crippen molar-refractivity contribution in [2.45, 2.75) is 0 Å². The lowest BCUT2D eigenvalue weighted by Crippen LogP contribution is -2.11. The average Bonchev–Trinajstić information content (AvgIpc) is 1.82. The molecular weight excluding hydrogens is 121 g/mol. The van der Waals surface area contributed by atoms with Crippen molar-refractivity contribution in [3.05, 3.63) is 11.8 Å². The van der Waals surface area contributed by atoms with Gasteiger partial charge in [-0.15, -0.1) is 0 Å². The third-order valence-corrected chi connectivity index (χ3v) is 0.756. The molecule has 0 aliphatic carbocycles. The van der Waals surface area contributed by atoms with Crippen LogP contribution in [0.5, 0.6) is 0 Å². The molecule has 0 heterocycles. The van der Waals surface area contributed by atoms with Crippen LogP contribution < -0.4 is 5.32 Å². The highest BCUT2D eigenvalue weighted by Crippen LogP contribution is 1.89. The molecule has 0 aliphatic rings. The predicted octanol–water partition coefficient (Wildman–Crippen LogP) is 0.686. The molecule has 4 heteroatoms. The summed E-state index contributed by atoms with van der Waals surface area (Å²) in [5.41, 5.74) is 0.0185. The van der Waals surface area contributed by atoms with Crippen molar-refractivity contribution in [2.75, 3.05) is 7.05 Å². The van der Waals surface area contributed by atoms with Gasteiger partial charge in [0.05, 0.1) is 5.70 Å². The Labute approximate surface area is 52.6 Å². The van der Waals surface area contributed by atoms with Crippen molar-refractivity contribution in [3.8, 4) is 0 Å². The molecule has 3 nitrogen and oxygen atoms in total. The molecule has 3 N–H and O–H groups in total. The summed E-state index contributed by atoms with van der Waals surface area (Å²) in [6.45, 7) is 0. The number of hydrogen-bond acceptors (Lipinski definition) is 3. The Kier molecular flexibility index (Phi) is 3.27. The molecule has 0 radical (unpaired) electrons. The highest BCUT2D eigenvalue weighted by atomic mass is 19.1. The third-order valence-electron chi connectivity index (χ3n) is 0.756. The fraction of sp³-hybridized carbons (Fsp3) is 0.200. The zero-order valence-corrected chi connectivity index (χ0v) is 5.03. The first-order chi connectivity index (χ1) is 4.22. The van der Waals surface area contributed by atoms with Gasteiger partial charge in [-0.1, -0.05) is 0 Å². The molecule has 0 fully saturated rings. The molecule has 0 amide bonds. The van der Waals surface area contributed by atoms with E-state index >= 15 is 0 Å². The molecule has 0 rings (SSSR count). The molecule has 9 heavy (non-hydrogen) atoms. The number of rotatable bonds is 3. The molecule has 0 spiro atoms. The lowest BCUT2D eigenvalue weighted by Gasteiger charge is -1.96. The van der Waals surface area contributed by atoms with Crippen LogP contribution in [0.15, 0.2) is 11.8 Å². The summed E-state index contributed by atoms with van der Waals surface area (Å²) in [4.78, 5) is 0. The lowest BCUT2D eigenvalue weighted by molar-refractivity contribution is 0.777. The van der Waals surface area contributed by atoms with Crippen LogP contribution in [0, 0.1) is 10.8 Å². The monoisotopic (exact) mass is 129 g/mol. The van der Waals surface area contributed by atoms with Crippen LogP contribution in [0.3, 0.4) is 0 Å². The molecular formula is C5H8FN3. The second-order valence-corrected chi connectivity index (χ2v) is 1.31. The Morgan fingerprint density at radius 2 is 2.22 bits per heavy atom. The van der Waals surface area contributed by atoms with Crippen LogP contribution in [0.2, 0.25) is 0 Å². The Morgan fingerprint density at radius 1 is 1.67 bits per heavy atom. The molecule has 0 aromatic carbocycles. The highest BCUT2D eigenvalue weighted by Gasteiger charge is 1.96. The van der Waals surface area contributed by atoms with Gasteiger partial charge in [-0.2, -0.15) is 4.39 Å². The summed E-state index contributed by atoms with van der Waals surface area (Å²) in [5.74, 6) is -1.05. The molecule has 0 atom stereocenters. The average molecular weight is 129 g/mol. The zero-order valence-electron chi connectivity index (χ0n) is 5.03. The summed E-state index contributed by atoms with van der Waals surface area (Å²) in [6.07, 6.45) is 2.09. The van der Waals surface area contributed by atoms with E-state index in [9.17, 15) is 4.39 Å². The minimum absolute atomic E-state index is 0.0185. The minimum Gasteiger partial charge on any atom is -0.384 e. The van der Waals surface area contributed by atoms with Gasteiger partial charge in [-0.05, 0) is 6.08 Å². The molecule has 0 saturated heterocycles. The summed E-state index contributed by atoms with van der Waals surface area (Å²) in [6, 6.07) is 0. The minimum atomic E-state index is -1.05. The standard InChI is InChI=1S/C5H8FN3/c1-9-4(2-3-7)5(6)8/h2-3,7-9H,1H3/b4-2+,7-3?,8-5?. The van der Waals surface area contributed by atoms with Crippen molar-refractivity contribution in [1.82, 2.24) is 5.32 Å². The normalized spacial score (nSPS) is 10.7. The lowest BCUT2D eigenvalue weighted by atomic mass is 10.4. The highest BCUT2D eigenvalue weighted by molar-refractivity contribution is 5.93. The molecule has 0 bridgehead atoms. The summed E-state index contributed by atoms with van der Waals surface area (Å²) >= 11 is 0. The van der Waals surface area contributed by atoms with Gasteiger partial charge < -0.3 is 10.7 Å². The fourth-order valence-electron chi connectivity index (χ4n) is 0.350. The Bertz CT molecular complexity index is 150. The summed E-state index contributed by atoms with van der Waals surface area (Å²) < 4.78 is 11.9. The van der Waals surface area contributed by atoms with Crippen molar-refractivity contribution in [3.63, 3.8) is 0 Å². The summed E-state index contributed by atoms with van der Waals surface area (Å²) in [5, 5.41) is 15.4. The Balaban J connectivity index is 4.14. The van der Waals surface area contributed by atoms with Crippen LogP contribution in [-0.2, 0) is 0 Å². The van der Waals surface area contributed by atoms with Gasteiger partial charge in [0.2, 0.25) is 5.97 Å². The van der Waals surface area contributed by atoms with E-state index in [1.165, 1.54) is 13.1 Å². The maximum absolute atomic E-state index is 11.9. The number of allylic oxidation sites excluding steroid dienone is 2. The second-order valence-electron chi connectivity index (χ2n) is 1.31. The molecule has 50 valence electrons. The van der Waals surface area contributed by atoms with E-state index in [1.807, 2.05) is 0 Å². The third kappa shape index (κ3) is 2.58. The first kappa shape index (κ1) is 7.81. The molecule has 0 unspecified atom stereocenters. The van der Waals surface area contributed by atoms with Crippen LogP contribution in [0.1, 0.15) is 0 Å². The second kappa shape index (κ2) is 3.77.